The number of nitrogens with one attached hydrogen (secondary N) is 2. The third-order valence-corrected chi connectivity index (χ3v) is 7.81. The number of carbonyl (C=O) groups is 3. The largest absolute Gasteiger partial charge is 0.444 e. The summed E-state index contributed by atoms with van der Waals surface area (Å²) in [6.07, 6.45) is 1.49. The lowest BCUT2D eigenvalue weighted by Gasteiger charge is -2.24. The van der Waals surface area contributed by atoms with Gasteiger partial charge in [0.1, 0.15) is 11.3 Å². The SMILES string of the molecule is COCCNC(=O)c1cc(C2CCN(C(=O)OC(C)(C)C)C2)ccc1NC(=O)c1csc(N2CC[C@H](OC)C2)n1. The summed E-state index contributed by atoms with van der Waals surface area (Å²) in [6.45, 7) is 8.85. The molecule has 0 spiro atoms. The zero-order chi connectivity index (χ0) is 28.9. The van der Waals surface area contributed by atoms with E-state index in [1.807, 2.05) is 26.8 Å². The van der Waals surface area contributed by atoms with Gasteiger partial charge in [-0.2, -0.15) is 0 Å². The van der Waals surface area contributed by atoms with Crippen molar-refractivity contribution in [3.63, 3.8) is 0 Å². The van der Waals surface area contributed by atoms with Gasteiger partial charge in [0.25, 0.3) is 11.8 Å². The molecule has 40 heavy (non-hydrogen) atoms. The van der Waals surface area contributed by atoms with Crippen molar-refractivity contribution in [1.29, 1.82) is 0 Å². The van der Waals surface area contributed by atoms with E-state index in [4.69, 9.17) is 14.2 Å². The van der Waals surface area contributed by atoms with Gasteiger partial charge < -0.3 is 34.6 Å². The van der Waals surface area contributed by atoms with Crippen LogP contribution in [0.2, 0.25) is 0 Å². The molecule has 0 radical (unpaired) electrons. The van der Waals surface area contributed by atoms with Gasteiger partial charge >= 0.3 is 6.09 Å². The van der Waals surface area contributed by atoms with Gasteiger partial charge in [0.2, 0.25) is 0 Å². The maximum atomic E-state index is 13.2. The second kappa shape index (κ2) is 13.0. The summed E-state index contributed by atoms with van der Waals surface area (Å²) < 4.78 is 16.0. The number of carbonyl (C=O) groups excluding carboxylic acids is 3. The lowest BCUT2D eigenvalue weighted by Crippen LogP contribution is -2.35. The fraction of sp³-hybridized carbons (Fsp3) is 0.571. The highest BCUT2D eigenvalue weighted by molar-refractivity contribution is 7.14. The molecule has 2 atom stereocenters. The van der Waals surface area contributed by atoms with Crippen molar-refractivity contribution < 1.29 is 28.6 Å². The number of aromatic nitrogens is 1. The van der Waals surface area contributed by atoms with Gasteiger partial charge in [0, 0.05) is 58.2 Å². The van der Waals surface area contributed by atoms with E-state index in [9.17, 15) is 14.4 Å². The van der Waals surface area contributed by atoms with Crippen molar-refractivity contribution in [3.8, 4) is 0 Å². The maximum Gasteiger partial charge on any atom is 0.410 e. The second-order valence-electron chi connectivity index (χ2n) is 11.0. The lowest BCUT2D eigenvalue weighted by atomic mass is 9.95. The molecule has 4 rings (SSSR count). The Hall–Kier alpha value is -3.22. The number of anilines is 2. The molecule has 2 saturated heterocycles. The van der Waals surface area contributed by atoms with Crippen LogP contribution in [0.1, 0.15) is 65.9 Å². The van der Waals surface area contributed by atoms with E-state index in [-0.39, 0.29) is 29.9 Å². The Kier molecular flexibility index (Phi) is 9.64. The Morgan fingerprint density at radius 3 is 2.60 bits per heavy atom. The Morgan fingerprint density at radius 1 is 1.10 bits per heavy atom. The summed E-state index contributed by atoms with van der Waals surface area (Å²) in [4.78, 5) is 47.2. The first-order chi connectivity index (χ1) is 19.1. The van der Waals surface area contributed by atoms with Gasteiger partial charge in [-0.25, -0.2) is 9.78 Å². The van der Waals surface area contributed by atoms with E-state index in [2.05, 4.69) is 20.5 Å². The smallest absolute Gasteiger partial charge is 0.410 e. The summed E-state index contributed by atoms with van der Waals surface area (Å²) in [5.74, 6) is -0.668. The van der Waals surface area contributed by atoms with Gasteiger partial charge in [0.15, 0.2) is 5.13 Å². The summed E-state index contributed by atoms with van der Waals surface area (Å²) in [5, 5.41) is 8.22. The summed E-state index contributed by atoms with van der Waals surface area (Å²) >= 11 is 1.41. The van der Waals surface area contributed by atoms with Crippen LogP contribution in [0.15, 0.2) is 23.6 Å². The topological polar surface area (TPSA) is 122 Å². The number of amides is 3. The Labute approximate surface area is 239 Å². The molecule has 1 aromatic carbocycles. The van der Waals surface area contributed by atoms with Gasteiger partial charge in [-0.15, -0.1) is 11.3 Å². The first kappa shape index (κ1) is 29.8. The van der Waals surface area contributed by atoms with Crippen LogP contribution in [0.25, 0.3) is 0 Å². The molecule has 2 aliphatic rings. The quantitative estimate of drug-likeness (QED) is 0.436. The standard InChI is InChI=1S/C28H39N5O6S/c1-28(2,3)39-27(36)33-11-8-19(15-33)18-6-7-22(21(14-18)24(34)29-10-13-37-4)30-25(35)23-17-40-26(31-23)32-12-9-20(16-32)38-5/h6-7,14,17,19-20H,8-13,15-16H2,1-5H3,(H,29,34)(H,30,35)/t19?,20-/m0/s1. The van der Waals surface area contributed by atoms with E-state index in [1.54, 1.807) is 36.6 Å². The van der Waals surface area contributed by atoms with E-state index in [1.165, 1.54) is 11.3 Å². The number of methoxy groups -OCH3 is 2. The van der Waals surface area contributed by atoms with Gasteiger partial charge in [-0.1, -0.05) is 6.07 Å². The normalized spacial score (nSPS) is 19.1. The first-order valence-electron chi connectivity index (χ1n) is 13.5. The average Bonchev–Trinajstić information content (AvgIpc) is 3.68. The van der Waals surface area contributed by atoms with Crippen molar-refractivity contribution in [2.45, 2.75) is 51.2 Å². The van der Waals surface area contributed by atoms with Crippen LogP contribution in [0.3, 0.4) is 0 Å². The number of likely N-dealkylation sites (tertiary alicyclic amines) is 1. The molecule has 1 aromatic heterocycles. The van der Waals surface area contributed by atoms with Gasteiger partial charge in [-0.3, -0.25) is 9.59 Å². The van der Waals surface area contributed by atoms with Crippen molar-refractivity contribution in [2.24, 2.45) is 0 Å². The molecule has 0 saturated carbocycles. The molecule has 12 heteroatoms. The minimum Gasteiger partial charge on any atom is -0.444 e. The molecule has 0 aliphatic carbocycles. The van der Waals surface area contributed by atoms with Crippen LogP contribution in [-0.2, 0) is 14.2 Å². The molecule has 11 nitrogen and oxygen atoms in total. The predicted molar refractivity (Wildman–Crippen MR) is 154 cm³/mol. The summed E-state index contributed by atoms with van der Waals surface area (Å²) in [7, 11) is 3.27. The van der Waals surface area contributed by atoms with Crippen LogP contribution in [0.4, 0.5) is 15.6 Å². The molecule has 2 N–H and O–H groups in total. The Balaban J connectivity index is 1.49. The fourth-order valence-corrected chi connectivity index (χ4v) is 5.64. The third kappa shape index (κ3) is 7.49. The zero-order valence-electron chi connectivity index (χ0n) is 23.8. The average molecular weight is 574 g/mol. The van der Waals surface area contributed by atoms with Crippen molar-refractivity contribution in [2.75, 3.05) is 63.8 Å². The molecular formula is C28H39N5O6S. The minimum absolute atomic E-state index is 0.0419. The zero-order valence-corrected chi connectivity index (χ0v) is 24.6. The highest BCUT2D eigenvalue weighted by atomic mass is 32.1. The van der Waals surface area contributed by atoms with E-state index in [0.29, 0.717) is 43.2 Å². The van der Waals surface area contributed by atoms with E-state index in [0.717, 1.165) is 36.6 Å². The number of hydrogen-bond acceptors (Lipinski definition) is 9. The van der Waals surface area contributed by atoms with Crippen LogP contribution in [0, 0.1) is 0 Å². The maximum absolute atomic E-state index is 13.2. The molecule has 2 aromatic rings. The Morgan fingerprint density at radius 2 is 1.90 bits per heavy atom. The number of benzene rings is 1. The summed E-state index contributed by atoms with van der Waals surface area (Å²) in [5.41, 5.74) is 1.37. The second-order valence-corrected chi connectivity index (χ2v) is 11.9. The first-order valence-corrected chi connectivity index (χ1v) is 14.4. The van der Waals surface area contributed by atoms with Crippen LogP contribution in [0.5, 0.6) is 0 Å². The predicted octanol–water partition coefficient (Wildman–Crippen LogP) is 3.72. The molecule has 218 valence electrons. The lowest BCUT2D eigenvalue weighted by molar-refractivity contribution is 0.0292. The van der Waals surface area contributed by atoms with Crippen molar-refractivity contribution >= 4 is 40.1 Å². The van der Waals surface area contributed by atoms with Gasteiger partial charge in [-0.05, 0) is 51.3 Å². The number of nitrogens with zero attached hydrogens (tertiary/aromatic N) is 3. The van der Waals surface area contributed by atoms with Crippen molar-refractivity contribution in [1.82, 2.24) is 15.2 Å². The number of hydrogen-bond donors (Lipinski definition) is 2. The van der Waals surface area contributed by atoms with E-state index >= 15 is 0 Å². The van der Waals surface area contributed by atoms with Gasteiger partial charge in [0.05, 0.1) is 24.0 Å². The number of rotatable bonds is 9. The molecule has 3 heterocycles. The summed E-state index contributed by atoms with van der Waals surface area (Å²) in [6, 6.07) is 5.43. The molecule has 1 unspecified atom stereocenters. The Bertz CT molecular complexity index is 1210. The monoisotopic (exact) mass is 573 g/mol. The highest BCUT2D eigenvalue weighted by Gasteiger charge is 2.31. The molecule has 0 bridgehead atoms. The molecule has 2 fully saturated rings. The molecule has 3 amide bonds. The highest BCUT2D eigenvalue weighted by Crippen LogP contribution is 2.32. The fourth-order valence-electron chi connectivity index (χ4n) is 4.79. The van der Waals surface area contributed by atoms with Crippen LogP contribution < -0.4 is 15.5 Å². The van der Waals surface area contributed by atoms with E-state index < -0.39 is 5.60 Å². The molecule has 2 aliphatic heterocycles. The number of ether oxygens (including phenoxy) is 3. The van der Waals surface area contributed by atoms with Crippen molar-refractivity contribution in [3.05, 3.63) is 40.4 Å². The molecular weight excluding hydrogens is 534 g/mol. The van der Waals surface area contributed by atoms with Crippen LogP contribution >= 0.6 is 11.3 Å². The number of thiazole rings is 1. The van der Waals surface area contributed by atoms with Crippen LogP contribution in [-0.4, -0.2) is 93.0 Å². The minimum atomic E-state index is -0.568. The third-order valence-electron chi connectivity index (χ3n) is 6.91.